The maximum absolute atomic E-state index is 12.5. The summed E-state index contributed by atoms with van der Waals surface area (Å²) in [5.41, 5.74) is 2.68. The average molecular weight is 363 g/mol. The Labute approximate surface area is 147 Å². The first kappa shape index (κ1) is 22.8. The number of thioether (sulfide) groups is 1. The van der Waals surface area contributed by atoms with Gasteiger partial charge in [0.25, 0.3) is 0 Å². The van der Waals surface area contributed by atoms with E-state index in [1.807, 2.05) is 21.0 Å². The third kappa shape index (κ3) is 8.62. The van der Waals surface area contributed by atoms with Gasteiger partial charge in [0.15, 0.2) is 0 Å². The van der Waals surface area contributed by atoms with Crippen LogP contribution >= 0.6 is 11.8 Å². The number of piperidine rings is 1. The van der Waals surface area contributed by atoms with Gasteiger partial charge in [-0.2, -0.15) is 5.48 Å². The fraction of sp³-hybridized carbons (Fsp3) is 0.800. The average Bonchev–Trinajstić information content (AvgIpc) is 2.57. The number of aldehydes is 1. The van der Waals surface area contributed by atoms with E-state index in [0.717, 1.165) is 12.8 Å². The third-order valence-corrected chi connectivity index (χ3v) is 4.33. The molecule has 0 aliphatic carbocycles. The van der Waals surface area contributed by atoms with Crippen LogP contribution in [-0.2, 0) is 19.2 Å². The number of rotatable bonds is 9. The summed E-state index contributed by atoms with van der Waals surface area (Å²) in [5.74, 6) is -0.897. The van der Waals surface area contributed by atoms with Crippen LogP contribution in [0.25, 0.3) is 0 Å². The first-order chi connectivity index (χ1) is 11.5. The Morgan fingerprint density at radius 1 is 1.42 bits per heavy atom. The van der Waals surface area contributed by atoms with Crippen molar-refractivity contribution in [3.05, 3.63) is 0 Å². The van der Waals surface area contributed by atoms with Crippen LogP contribution in [0.5, 0.6) is 0 Å². The standard InChI is InChI=1S/C13H22N2O5S.C2H7N/c1-2-20-14-9-21-11(6-8-16)12(17)15-7-4-3-5-10(15)13(18)19;1-3-2/h8,10-11,14H,2-7,9H2,1H3,(H,18,19);3H,1-2H3. The molecule has 140 valence electrons. The summed E-state index contributed by atoms with van der Waals surface area (Å²) in [5, 5.41) is 11.4. The Morgan fingerprint density at radius 3 is 2.62 bits per heavy atom. The molecule has 0 aromatic carbocycles. The molecule has 1 heterocycles. The van der Waals surface area contributed by atoms with Crippen molar-refractivity contribution in [2.45, 2.75) is 43.9 Å². The van der Waals surface area contributed by atoms with E-state index in [9.17, 15) is 19.5 Å². The molecule has 1 saturated heterocycles. The number of carbonyl (C=O) groups is 3. The van der Waals surface area contributed by atoms with Crippen LogP contribution in [0.2, 0.25) is 0 Å². The van der Waals surface area contributed by atoms with Gasteiger partial charge < -0.3 is 25.0 Å². The van der Waals surface area contributed by atoms with Crippen LogP contribution in [0.15, 0.2) is 0 Å². The van der Waals surface area contributed by atoms with E-state index in [1.54, 1.807) is 0 Å². The SMILES string of the molecule is CCONCSC(CC=O)C(=O)N1CCCCC1C(=O)O.CNC. The summed E-state index contributed by atoms with van der Waals surface area (Å²) in [4.78, 5) is 40.8. The molecule has 2 unspecified atom stereocenters. The van der Waals surface area contributed by atoms with Gasteiger partial charge in [-0.1, -0.05) is 0 Å². The largest absolute Gasteiger partial charge is 0.480 e. The second-order valence-corrected chi connectivity index (χ2v) is 6.35. The van der Waals surface area contributed by atoms with Crippen molar-refractivity contribution in [1.29, 1.82) is 0 Å². The minimum atomic E-state index is -0.981. The Morgan fingerprint density at radius 2 is 2.08 bits per heavy atom. The molecule has 1 rings (SSSR count). The van der Waals surface area contributed by atoms with E-state index in [-0.39, 0.29) is 12.3 Å². The summed E-state index contributed by atoms with van der Waals surface area (Å²) < 4.78 is 0. The van der Waals surface area contributed by atoms with Crippen LogP contribution in [-0.4, -0.2) is 72.6 Å². The lowest BCUT2D eigenvalue weighted by Crippen LogP contribution is -2.51. The van der Waals surface area contributed by atoms with Gasteiger partial charge in [-0.05, 0) is 40.3 Å². The first-order valence-corrected chi connectivity index (χ1v) is 9.09. The van der Waals surface area contributed by atoms with Gasteiger partial charge in [-0.15, -0.1) is 11.8 Å². The Bertz CT molecular complexity index is 384. The van der Waals surface area contributed by atoms with Crippen molar-refractivity contribution >= 4 is 29.9 Å². The zero-order valence-electron chi connectivity index (χ0n) is 14.6. The second kappa shape index (κ2) is 14.2. The fourth-order valence-corrected chi connectivity index (χ4v) is 3.09. The molecule has 0 spiro atoms. The highest BCUT2D eigenvalue weighted by Gasteiger charge is 2.35. The maximum atomic E-state index is 12.5. The third-order valence-electron chi connectivity index (χ3n) is 3.25. The molecule has 0 bridgehead atoms. The zero-order chi connectivity index (χ0) is 18.4. The quantitative estimate of drug-likeness (QED) is 0.235. The number of hydroxylamine groups is 1. The van der Waals surface area contributed by atoms with E-state index in [4.69, 9.17) is 4.84 Å². The molecule has 9 heteroatoms. The number of carboxylic acid groups (broad SMARTS) is 1. The first-order valence-electron chi connectivity index (χ1n) is 8.05. The van der Waals surface area contributed by atoms with Gasteiger partial charge in [0.2, 0.25) is 5.91 Å². The number of amides is 1. The van der Waals surface area contributed by atoms with Gasteiger partial charge in [0, 0.05) is 13.0 Å². The summed E-state index contributed by atoms with van der Waals surface area (Å²) in [7, 11) is 3.75. The maximum Gasteiger partial charge on any atom is 0.326 e. The molecule has 0 radical (unpaired) electrons. The van der Waals surface area contributed by atoms with Gasteiger partial charge in [0.1, 0.15) is 12.3 Å². The fourth-order valence-electron chi connectivity index (χ4n) is 2.24. The minimum Gasteiger partial charge on any atom is -0.480 e. The van der Waals surface area contributed by atoms with Crippen LogP contribution in [0, 0.1) is 0 Å². The Kier molecular flexibility index (Phi) is 13.5. The minimum absolute atomic E-state index is 0.0696. The lowest BCUT2D eigenvalue weighted by atomic mass is 10.0. The molecule has 24 heavy (non-hydrogen) atoms. The molecule has 0 aromatic rings. The van der Waals surface area contributed by atoms with E-state index < -0.39 is 17.3 Å². The van der Waals surface area contributed by atoms with Crippen LogP contribution in [0.1, 0.15) is 32.6 Å². The lowest BCUT2D eigenvalue weighted by molar-refractivity contribution is -0.151. The predicted molar refractivity (Wildman–Crippen MR) is 93.7 cm³/mol. The normalized spacial score (nSPS) is 18.3. The molecular weight excluding hydrogens is 334 g/mol. The number of nitrogens with one attached hydrogen (secondary N) is 2. The molecule has 1 aliphatic rings. The van der Waals surface area contributed by atoms with E-state index >= 15 is 0 Å². The highest BCUT2D eigenvalue weighted by molar-refractivity contribution is 8.00. The molecule has 1 amide bonds. The van der Waals surface area contributed by atoms with E-state index in [2.05, 4.69) is 10.8 Å². The number of carboxylic acids is 1. The highest BCUT2D eigenvalue weighted by Crippen LogP contribution is 2.23. The summed E-state index contributed by atoms with van der Waals surface area (Å²) >= 11 is 1.25. The molecule has 3 N–H and O–H groups in total. The molecule has 1 fully saturated rings. The number of carbonyl (C=O) groups excluding carboxylic acids is 2. The number of hydrogen-bond acceptors (Lipinski definition) is 7. The van der Waals surface area contributed by atoms with Crippen molar-refractivity contribution in [3.8, 4) is 0 Å². The molecule has 2 atom stereocenters. The van der Waals surface area contributed by atoms with Crippen LogP contribution < -0.4 is 10.8 Å². The van der Waals surface area contributed by atoms with Gasteiger partial charge in [-0.3, -0.25) is 4.79 Å². The van der Waals surface area contributed by atoms with Gasteiger partial charge in [-0.25, -0.2) is 4.79 Å². The number of aliphatic carboxylic acids is 1. The molecule has 8 nitrogen and oxygen atoms in total. The van der Waals surface area contributed by atoms with Gasteiger partial charge in [0.05, 0.1) is 17.7 Å². The monoisotopic (exact) mass is 363 g/mol. The van der Waals surface area contributed by atoms with Crippen molar-refractivity contribution in [1.82, 2.24) is 15.7 Å². The Hall–Kier alpha value is -1.16. The molecule has 1 aliphatic heterocycles. The van der Waals surface area contributed by atoms with Gasteiger partial charge >= 0.3 is 5.97 Å². The molecule has 0 saturated carbocycles. The second-order valence-electron chi connectivity index (χ2n) is 5.16. The number of hydrogen-bond donors (Lipinski definition) is 3. The summed E-state index contributed by atoms with van der Waals surface area (Å²) in [6, 6.07) is -0.777. The van der Waals surface area contributed by atoms with Crippen molar-refractivity contribution in [2.24, 2.45) is 0 Å². The highest BCUT2D eigenvalue weighted by atomic mass is 32.2. The number of likely N-dealkylation sites (tertiary alicyclic amines) is 1. The Balaban J connectivity index is 0.00000163. The summed E-state index contributed by atoms with van der Waals surface area (Å²) in [6.45, 7) is 2.77. The van der Waals surface area contributed by atoms with Crippen molar-refractivity contribution in [3.63, 3.8) is 0 Å². The molecule has 0 aromatic heterocycles. The number of nitrogens with zero attached hydrogens (tertiary/aromatic N) is 1. The topological polar surface area (TPSA) is 108 Å². The summed E-state index contributed by atoms with van der Waals surface area (Å²) in [6.07, 6.45) is 2.83. The van der Waals surface area contributed by atoms with Crippen LogP contribution in [0.4, 0.5) is 0 Å². The van der Waals surface area contributed by atoms with E-state index in [1.165, 1.54) is 16.7 Å². The van der Waals surface area contributed by atoms with Crippen LogP contribution in [0.3, 0.4) is 0 Å². The zero-order valence-corrected chi connectivity index (χ0v) is 15.4. The lowest BCUT2D eigenvalue weighted by Gasteiger charge is -2.35. The van der Waals surface area contributed by atoms with E-state index in [0.29, 0.717) is 31.7 Å². The molecular formula is C15H29N3O5S. The predicted octanol–water partition coefficient (Wildman–Crippen LogP) is 0.477. The van der Waals surface area contributed by atoms with Crippen molar-refractivity contribution < 1.29 is 24.3 Å². The van der Waals surface area contributed by atoms with Crippen molar-refractivity contribution in [2.75, 3.05) is 33.1 Å². The smallest absolute Gasteiger partial charge is 0.326 e.